The number of carboxylic acids is 1. The summed E-state index contributed by atoms with van der Waals surface area (Å²) in [7, 11) is 0. The van der Waals surface area contributed by atoms with E-state index in [2.05, 4.69) is 4.98 Å². The molecule has 1 N–H and O–H groups in total. The highest BCUT2D eigenvalue weighted by atomic mass is 35.5. The number of benzene rings is 3. The van der Waals surface area contributed by atoms with Crippen molar-refractivity contribution in [2.75, 3.05) is 0 Å². The molecule has 4 rings (SSSR count). The molecule has 4 aromatic rings. The minimum atomic E-state index is -1.06. The Labute approximate surface area is 191 Å². The van der Waals surface area contributed by atoms with Crippen LogP contribution >= 0.6 is 11.6 Å². The SMILES string of the molecule is CCc1cc(Cl)ccc1-c1nc(C(=O)O)c(C)n1-c1ccc(OCc2ccccc2)cc1. The van der Waals surface area contributed by atoms with E-state index >= 15 is 0 Å². The maximum absolute atomic E-state index is 11.8. The Morgan fingerprint density at radius 1 is 1.06 bits per heavy atom. The molecular weight excluding hydrogens is 424 g/mol. The largest absolute Gasteiger partial charge is 0.489 e. The predicted octanol–water partition coefficient (Wildman–Crippen LogP) is 6.34. The van der Waals surface area contributed by atoms with Crippen molar-refractivity contribution in [2.45, 2.75) is 26.9 Å². The third kappa shape index (κ3) is 4.39. The van der Waals surface area contributed by atoms with E-state index in [9.17, 15) is 9.90 Å². The summed E-state index contributed by atoms with van der Waals surface area (Å²) in [5.74, 6) is 0.250. The number of hydrogen-bond donors (Lipinski definition) is 1. The average molecular weight is 447 g/mol. The van der Waals surface area contributed by atoms with E-state index in [4.69, 9.17) is 16.3 Å². The number of carbonyl (C=O) groups is 1. The Balaban J connectivity index is 1.72. The quantitative estimate of drug-likeness (QED) is 0.359. The van der Waals surface area contributed by atoms with Crippen LogP contribution in [0.3, 0.4) is 0 Å². The summed E-state index contributed by atoms with van der Waals surface area (Å²) in [6.07, 6.45) is 0.746. The number of carboxylic acid groups (broad SMARTS) is 1. The third-order valence-electron chi connectivity index (χ3n) is 5.34. The molecule has 0 bridgehead atoms. The van der Waals surface area contributed by atoms with Crippen LogP contribution in [0.15, 0.2) is 72.8 Å². The number of halogens is 1. The molecule has 0 atom stereocenters. The number of rotatable bonds is 7. The molecular formula is C26H23ClN2O3. The summed E-state index contributed by atoms with van der Waals surface area (Å²) >= 11 is 6.18. The van der Waals surface area contributed by atoms with Gasteiger partial charge in [0.15, 0.2) is 5.69 Å². The molecule has 1 aromatic heterocycles. The van der Waals surface area contributed by atoms with Crippen molar-refractivity contribution in [3.63, 3.8) is 0 Å². The smallest absolute Gasteiger partial charge is 0.356 e. The second-order valence-electron chi connectivity index (χ2n) is 7.43. The van der Waals surface area contributed by atoms with E-state index in [1.165, 1.54) is 0 Å². The minimum Gasteiger partial charge on any atom is -0.489 e. The molecule has 0 radical (unpaired) electrons. The van der Waals surface area contributed by atoms with E-state index in [-0.39, 0.29) is 5.69 Å². The molecule has 0 fully saturated rings. The number of ether oxygens (including phenoxy) is 1. The van der Waals surface area contributed by atoms with Crippen LogP contribution in [0.2, 0.25) is 5.02 Å². The summed E-state index contributed by atoms with van der Waals surface area (Å²) in [4.78, 5) is 16.3. The zero-order valence-electron chi connectivity index (χ0n) is 17.9. The molecule has 0 aliphatic carbocycles. The minimum absolute atomic E-state index is 0.0291. The van der Waals surface area contributed by atoms with Crippen molar-refractivity contribution < 1.29 is 14.6 Å². The standard InChI is InChI=1S/C26H23ClN2O3/c1-3-19-15-20(27)9-14-23(19)25-28-24(26(30)31)17(2)29(25)21-10-12-22(13-11-21)32-16-18-7-5-4-6-8-18/h4-15H,3,16H2,1-2H3,(H,30,31). The van der Waals surface area contributed by atoms with Gasteiger partial charge in [-0.15, -0.1) is 0 Å². The van der Waals surface area contributed by atoms with Gasteiger partial charge >= 0.3 is 5.97 Å². The van der Waals surface area contributed by atoms with Crippen molar-refractivity contribution in [2.24, 2.45) is 0 Å². The van der Waals surface area contributed by atoms with E-state index in [0.717, 1.165) is 34.5 Å². The van der Waals surface area contributed by atoms with Gasteiger partial charge in [-0.2, -0.15) is 0 Å². The fourth-order valence-electron chi connectivity index (χ4n) is 3.71. The molecule has 1 heterocycles. The summed E-state index contributed by atoms with van der Waals surface area (Å²) < 4.78 is 7.76. The van der Waals surface area contributed by atoms with Gasteiger partial charge in [0.2, 0.25) is 0 Å². The lowest BCUT2D eigenvalue weighted by Crippen LogP contribution is -2.03. The van der Waals surface area contributed by atoms with Crippen molar-refractivity contribution in [3.8, 4) is 22.8 Å². The first-order valence-corrected chi connectivity index (χ1v) is 10.7. The van der Waals surface area contributed by atoms with Gasteiger partial charge in [0.1, 0.15) is 18.2 Å². The maximum Gasteiger partial charge on any atom is 0.356 e. The molecule has 3 aromatic carbocycles. The summed E-state index contributed by atoms with van der Waals surface area (Å²) in [5.41, 5.74) is 4.34. The summed E-state index contributed by atoms with van der Waals surface area (Å²) in [6, 6.07) is 23.1. The highest BCUT2D eigenvalue weighted by Gasteiger charge is 2.22. The molecule has 162 valence electrons. The monoisotopic (exact) mass is 446 g/mol. The van der Waals surface area contributed by atoms with Crippen molar-refractivity contribution >= 4 is 17.6 Å². The predicted molar refractivity (Wildman–Crippen MR) is 126 cm³/mol. The van der Waals surface area contributed by atoms with Crippen molar-refractivity contribution in [3.05, 3.63) is 100 Å². The first kappa shape index (κ1) is 21.7. The number of aromatic nitrogens is 2. The van der Waals surface area contributed by atoms with Gasteiger partial charge in [-0.25, -0.2) is 9.78 Å². The second kappa shape index (κ2) is 9.28. The van der Waals surface area contributed by atoms with E-state index < -0.39 is 5.97 Å². The fourth-order valence-corrected chi connectivity index (χ4v) is 3.90. The molecule has 0 saturated heterocycles. The van der Waals surface area contributed by atoms with Crippen molar-refractivity contribution in [1.82, 2.24) is 9.55 Å². The van der Waals surface area contributed by atoms with Gasteiger partial charge in [0, 0.05) is 16.3 Å². The van der Waals surface area contributed by atoms with Gasteiger partial charge in [-0.1, -0.05) is 48.9 Å². The number of aryl methyl sites for hydroxylation is 1. The van der Waals surface area contributed by atoms with Gasteiger partial charge < -0.3 is 9.84 Å². The molecule has 0 spiro atoms. The molecule has 32 heavy (non-hydrogen) atoms. The normalized spacial score (nSPS) is 10.8. The van der Waals surface area contributed by atoms with Crippen molar-refractivity contribution in [1.29, 1.82) is 0 Å². The zero-order valence-corrected chi connectivity index (χ0v) is 18.6. The van der Waals surface area contributed by atoms with Crippen LogP contribution in [0, 0.1) is 6.92 Å². The number of nitrogens with zero attached hydrogens (tertiary/aromatic N) is 2. The molecule has 0 amide bonds. The Morgan fingerprint density at radius 3 is 2.44 bits per heavy atom. The van der Waals surface area contributed by atoms with E-state index in [0.29, 0.717) is 23.1 Å². The van der Waals surface area contributed by atoms with Crippen LogP contribution in [0.1, 0.15) is 34.2 Å². The first-order chi connectivity index (χ1) is 15.5. The average Bonchev–Trinajstić information content (AvgIpc) is 3.15. The summed E-state index contributed by atoms with van der Waals surface area (Å²) in [5, 5.41) is 10.3. The maximum atomic E-state index is 11.8. The summed E-state index contributed by atoms with van der Waals surface area (Å²) in [6.45, 7) is 4.27. The van der Waals surface area contributed by atoms with Crippen LogP contribution in [0.25, 0.3) is 17.1 Å². The van der Waals surface area contributed by atoms with Gasteiger partial charge in [-0.3, -0.25) is 4.57 Å². The Morgan fingerprint density at radius 2 is 1.78 bits per heavy atom. The van der Waals surface area contributed by atoms with Gasteiger partial charge in [0.25, 0.3) is 0 Å². The Bertz CT molecular complexity index is 1250. The van der Waals surface area contributed by atoms with E-state index in [1.807, 2.05) is 78.2 Å². The zero-order chi connectivity index (χ0) is 22.7. The highest BCUT2D eigenvalue weighted by Crippen LogP contribution is 2.31. The molecule has 0 aliphatic heterocycles. The lowest BCUT2D eigenvalue weighted by Gasteiger charge is -2.14. The lowest BCUT2D eigenvalue weighted by atomic mass is 10.0. The Hall–Kier alpha value is -3.57. The molecule has 5 nitrogen and oxygen atoms in total. The number of imidazole rings is 1. The highest BCUT2D eigenvalue weighted by molar-refractivity contribution is 6.30. The molecule has 0 saturated carbocycles. The van der Waals surface area contributed by atoms with Crippen LogP contribution in [-0.4, -0.2) is 20.6 Å². The lowest BCUT2D eigenvalue weighted by molar-refractivity contribution is 0.0690. The van der Waals surface area contributed by atoms with Crippen LogP contribution in [0.5, 0.6) is 5.75 Å². The number of aromatic carboxylic acids is 1. The Kier molecular flexibility index (Phi) is 6.28. The molecule has 0 aliphatic rings. The molecule has 0 unspecified atom stereocenters. The van der Waals surface area contributed by atoms with Crippen LogP contribution < -0.4 is 4.74 Å². The first-order valence-electron chi connectivity index (χ1n) is 10.4. The second-order valence-corrected chi connectivity index (χ2v) is 7.87. The molecule has 6 heteroatoms. The van der Waals surface area contributed by atoms with Crippen LogP contribution in [0.4, 0.5) is 0 Å². The topological polar surface area (TPSA) is 64.3 Å². The third-order valence-corrected chi connectivity index (χ3v) is 5.58. The van der Waals surface area contributed by atoms with Gasteiger partial charge in [-0.05, 0) is 66.9 Å². The van der Waals surface area contributed by atoms with E-state index in [1.54, 1.807) is 13.0 Å². The van der Waals surface area contributed by atoms with Gasteiger partial charge in [0.05, 0.1) is 5.69 Å². The fraction of sp³-hybridized carbons (Fsp3) is 0.154. The number of hydrogen-bond acceptors (Lipinski definition) is 3. The van der Waals surface area contributed by atoms with Crippen LogP contribution in [-0.2, 0) is 13.0 Å².